The molecule has 1 aliphatic heterocycles. The number of thiazole rings is 1. The maximum atomic E-state index is 12.4. The molecule has 0 atom stereocenters. The van der Waals surface area contributed by atoms with Crippen LogP contribution >= 0.6 is 11.3 Å². The summed E-state index contributed by atoms with van der Waals surface area (Å²) in [5, 5.41) is 6.59. The molecule has 1 aliphatic rings. The average Bonchev–Trinajstić information content (AvgIpc) is 3.44. The van der Waals surface area contributed by atoms with Crippen molar-refractivity contribution in [2.45, 2.75) is 32.6 Å². The monoisotopic (exact) mass is 514 g/mol. The zero-order valence-electron chi connectivity index (χ0n) is 20.4. The lowest BCUT2D eigenvalue weighted by Gasteiger charge is -2.12. The van der Waals surface area contributed by atoms with E-state index in [1.807, 2.05) is 24.3 Å². The Labute approximate surface area is 219 Å². The van der Waals surface area contributed by atoms with Crippen LogP contribution in [0.2, 0.25) is 0 Å². The highest BCUT2D eigenvalue weighted by atomic mass is 32.1. The molecule has 2 amide bonds. The smallest absolute Gasteiger partial charge is 0.311 e. The second kappa shape index (κ2) is 12.6. The van der Waals surface area contributed by atoms with Gasteiger partial charge in [0.25, 0.3) is 11.8 Å². The van der Waals surface area contributed by atoms with Crippen LogP contribution in [0.25, 0.3) is 0 Å². The van der Waals surface area contributed by atoms with E-state index < -0.39 is 0 Å². The Hall–Kier alpha value is -4.29. The lowest BCUT2D eigenvalue weighted by Crippen LogP contribution is -2.30. The topological polar surface area (TPSA) is 101 Å². The Morgan fingerprint density at radius 2 is 1.84 bits per heavy atom. The number of hydrogen-bond donors (Lipinski definition) is 1. The number of nitrogens with zero attached hydrogens (tertiary/aromatic N) is 3. The first-order valence-corrected chi connectivity index (χ1v) is 12.9. The van der Waals surface area contributed by atoms with Gasteiger partial charge in [-0.05, 0) is 49.6 Å². The number of rotatable bonds is 10. The van der Waals surface area contributed by atoms with Gasteiger partial charge >= 0.3 is 5.97 Å². The van der Waals surface area contributed by atoms with Gasteiger partial charge in [-0.25, -0.2) is 4.98 Å². The summed E-state index contributed by atoms with van der Waals surface area (Å²) in [5.74, 6) is 5.56. The third kappa shape index (κ3) is 6.90. The van der Waals surface area contributed by atoms with Crippen LogP contribution in [0.5, 0.6) is 0 Å². The van der Waals surface area contributed by atoms with E-state index in [1.54, 1.807) is 42.8 Å². The number of aromatic nitrogens is 1. The SMILES string of the molecule is CCOC(=O)Cc1csc(NN=Cc2ccc(C#CCCCCN3C(=O)c4ccccc4C3=O)cc2)n1. The third-order valence-corrected chi connectivity index (χ3v) is 6.31. The van der Waals surface area contributed by atoms with Crippen molar-refractivity contribution in [3.8, 4) is 11.8 Å². The van der Waals surface area contributed by atoms with E-state index in [-0.39, 0.29) is 24.2 Å². The molecule has 1 aromatic heterocycles. The van der Waals surface area contributed by atoms with Gasteiger partial charge in [0.2, 0.25) is 5.13 Å². The molecule has 0 spiro atoms. The van der Waals surface area contributed by atoms with Crippen molar-refractivity contribution < 1.29 is 19.1 Å². The number of nitrogens with one attached hydrogen (secondary N) is 1. The van der Waals surface area contributed by atoms with Crippen LogP contribution in [0, 0.1) is 11.8 Å². The number of fused-ring (bicyclic) bond motifs is 1. The van der Waals surface area contributed by atoms with Gasteiger partial charge in [-0.2, -0.15) is 5.10 Å². The van der Waals surface area contributed by atoms with Crippen molar-refractivity contribution in [3.05, 3.63) is 81.9 Å². The van der Waals surface area contributed by atoms with Gasteiger partial charge in [0, 0.05) is 23.9 Å². The quantitative estimate of drug-likeness (QED) is 0.107. The van der Waals surface area contributed by atoms with Crippen LogP contribution in [0.4, 0.5) is 5.13 Å². The van der Waals surface area contributed by atoms with Crippen LogP contribution in [-0.4, -0.2) is 47.0 Å². The molecule has 0 fully saturated rings. The minimum Gasteiger partial charge on any atom is -0.466 e. The number of carbonyl (C=O) groups is 3. The molecular formula is C28H26N4O4S. The predicted octanol–water partition coefficient (Wildman–Crippen LogP) is 4.51. The van der Waals surface area contributed by atoms with Gasteiger partial charge in [-0.3, -0.25) is 24.7 Å². The van der Waals surface area contributed by atoms with Crippen molar-refractivity contribution in [1.29, 1.82) is 0 Å². The number of carbonyl (C=O) groups excluding carboxylic acids is 3. The van der Waals surface area contributed by atoms with Gasteiger partial charge < -0.3 is 4.74 Å². The van der Waals surface area contributed by atoms with Crippen molar-refractivity contribution in [3.63, 3.8) is 0 Å². The molecule has 0 saturated heterocycles. The fourth-order valence-corrected chi connectivity index (χ4v) is 4.36. The van der Waals surface area contributed by atoms with E-state index in [4.69, 9.17) is 4.74 Å². The van der Waals surface area contributed by atoms with E-state index in [0.717, 1.165) is 17.5 Å². The zero-order valence-corrected chi connectivity index (χ0v) is 21.2. The summed E-state index contributed by atoms with van der Waals surface area (Å²) in [6, 6.07) is 14.6. The molecular weight excluding hydrogens is 488 g/mol. The maximum Gasteiger partial charge on any atom is 0.311 e. The summed E-state index contributed by atoms with van der Waals surface area (Å²) in [5.41, 5.74) is 6.29. The predicted molar refractivity (Wildman–Crippen MR) is 143 cm³/mol. The lowest BCUT2D eigenvalue weighted by atomic mass is 10.1. The number of esters is 1. The Morgan fingerprint density at radius 3 is 2.54 bits per heavy atom. The molecule has 0 bridgehead atoms. The van der Waals surface area contributed by atoms with E-state index in [1.165, 1.54) is 16.2 Å². The molecule has 4 rings (SSSR count). The number of hydrazone groups is 1. The second-order valence-corrected chi connectivity index (χ2v) is 9.04. The largest absolute Gasteiger partial charge is 0.466 e. The van der Waals surface area contributed by atoms with Crippen molar-refractivity contribution >= 4 is 40.5 Å². The number of unbranched alkanes of at least 4 members (excludes halogenated alkanes) is 2. The van der Waals surface area contributed by atoms with E-state index in [2.05, 4.69) is 27.4 Å². The fraction of sp³-hybridized carbons (Fsp3) is 0.250. The van der Waals surface area contributed by atoms with Crippen LogP contribution in [0.15, 0.2) is 59.0 Å². The van der Waals surface area contributed by atoms with Gasteiger partial charge in [0.05, 0.1) is 36.1 Å². The molecule has 0 unspecified atom stereocenters. The van der Waals surface area contributed by atoms with Gasteiger partial charge in [0.15, 0.2) is 0 Å². The number of ether oxygens (including phenoxy) is 1. The summed E-state index contributed by atoms with van der Waals surface area (Å²) < 4.78 is 4.92. The highest BCUT2D eigenvalue weighted by Crippen LogP contribution is 2.22. The molecule has 188 valence electrons. The standard InChI is InChI=1S/C28H26N4O4S/c1-2-36-25(33)17-22-19-37-28(30-22)31-29-18-21-14-12-20(13-15-21)9-5-3-4-8-16-32-26(34)23-10-6-7-11-24(23)27(32)35/h6-7,10-15,18-19H,2-4,8,16-17H2,1H3,(H,30,31). The number of benzene rings is 2. The highest BCUT2D eigenvalue weighted by molar-refractivity contribution is 7.13. The minimum absolute atomic E-state index is 0.144. The Kier molecular flexibility index (Phi) is 8.79. The Balaban J connectivity index is 1.17. The molecule has 9 heteroatoms. The summed E-state index contributed by atoms with van der Waals surface area (Å²) in [7, 11) is 0. The first kappa shape index (κ1) is 25.8. The minimum atomic E-state index is -0.299. The van der Waals surface area contributed by atoms with Gasteiger partial charge in [-0.15, -0.1) is 11.3 Å². The van der Waals surface area contributed by atoms with Crippen molar-refractivity contribution in [1.82, 2.24) is 9.88 Å². The molecule has 3 aromatic rings. The first-order chi connectivity index (χ1) is 18.0. The molecule has 2 aromatic carbocycles. The number of imide groups is 1. The Morgan fingerprint density at radius 1 is 1.11 bits per heavy atom. The summed E-state index contributed by atoms with van der Waals surface area (Å²) in [4.78, 5) is 41.9. The second-order valence-electron chi connectivity index (χ2n) is 8.18. The number of amides is 2. The van der Waals surface area contributed by atoms with E-state index >= 15 is 0 Å². The molecule has 0 aliphatic carbocycles. The number of hydrogen-bond acceptors (Lipinski definition) is 8. The van der Waals surface area contributed by atoms with Crippen LogP contribution in [-0.2, 0) is 16.0 Å². The highest BCUT2D eigenvalue weighted by Gasteiger charge is 2.34. The van der Waals surface area contributed by atoms with Crippen LogP contribution in [0.1, 0.15) is 63.7 Å². The first-order valence-electron chi connectivity index (χ1n) is 12.0. The fourth-order valence-electron chi connectivity index (χ4n) is 3.70. The zero-order chi connectivity index (χ0) is 26.0. The van der Waals surface area contributed by atoms with Crippen LogP contribution < -0.4 is 5.43 Å². The number of anilines is 1. The van der Waals surface area contributed by atoms with E-state index in [0.29, 0.717) is 47.9 Å². The molecule has 37 heavy (non-hydrogen) atoms. The summed E-state index contributed by atoms with van der Waals surface area (Å²) in [6.45, 7) is 2.53. The average molecular weight is 515 g/mol. The molecule has 8 nitrogen and oxygen atoms in total. The molecule has 0 radical (unpaired) electrons. The van der Waals surface area contributed by atoms with Gasteiger partial charge in [0.1, 0.15) is 0 Å². The maximum absolute atomic E-state index is 12.4. The molecule has 2 heterocycles. The summed E-state index contributed by atoms with van der Waals surface area (Å²) in [6.07, 6.45) is 4.02. The lowest BCUT2D eigenvalue weighted by molar-refractivity contribution is -0.142. The molecule has 0 saturated carbocycles. The summed E-state index contributed by atoms with van der Waals surface area (Å²) >= 11 is 1.37. The van der Waals surface area contributed by atoms with Gasteiger partial charge in [-0.1, -0.05) is 36.1 Å². The third-order valence-electron chi connectivity index (χ3n) is 5.51. The van der Waals surface area contributed by atoms with Crippen LogP contribution in [0.3, 0.4) is 0 Å². The Bertz CT molecular complexity index is 1330. The molecule has 1 N–H and O–H groups in total. The van der Waals surface area contributed by atoms with Crippen molar-refractivity contribution in [2.75, 3.05) is 18.6 Å². The van der Waals surface area contributed by atoms with E-state index in [9.17, 15) is 14.4 Å². The normalized spacial score (nSPS) is 12.4. The van der Waals surface area contributed by atoms with Crippen molar-refractivity contribution in [2.24, 2.45) is 5.10 Å².